The van der Waals surface area contributed by atoms with Crippen LogP contribution < -0.4 is 10.4 Å². The Bertz CT molecular complexity index is 837. The quantitative estimate of drug-likeness (QED) is 0.321. The molecule has 0 saturated heterocycles. The highest BCUT2D eigenvalue weighted by atomic mass is 28.4. The van der Waals surface area contributed by atoms with Crippen LogP contribution in [0, 0.1) is 0 Å². The molecule has 4 heteroatoms. The van der Waals surface area contributed by atoms with E-state index in [2.05, 4.69) is 93.6 Å². The number of ether oxygens (including phenoxy) is 2. The first-order valence-electron chi connectivity index (χ1n) is 11.0. The van der Waals surface area contributed by atoms with Crippen LogP contribution >= 0.6 is 0 Å². The summed E-state index contributed by atoms with van der Waals surface area (Å²) in [7, 11) is -2.48. The van der Waals surface area contributed by atoms with Gasteiger partial charge in [0.05, 0.1) is 33.0 Å². The van der Waals surface area contributed by atoms with Crippen molar-refractivity contribution in [1.82, 2.24) is 0 Å². The molecule has 3 rings (SSSR count). The Morgan fingerprint density at radius 3 is 1.55 bits per heavy atom. The van der Waals surface area contributed by atoms with Gasteiger partial charge in [0.2, 0.25) is 0 Å². The van der Waals surface area contributed by atoms with E-state index in [-0.39, 0.29) is 5.04 Å². The molecule has 0 bridgehead atoms. The van der Waals surface area contributed by atoms with Gasteiger partial charge in [-0.1, -0.05) is 112 Å². The highest BCUT2D eigenvalue weighted by Gasteiger charge is 2.49. The van der Waals surface area contributed by atoms with Gasteiger partial charge in [-0.2, -0.15) is 0 Å². The molecule has 0 aromatic heterocycles. The lowest BCUT2D eigenvalue weighted by Gasteiger charge is -2.43. The van der Waals surface area contributed by atoms with Gasteiger partial charge in [0.25, 0.3) is 8.32 Å². The first-order valence-corrected chi connectivity index (χ1v) is 12.9. The fourth-order valence-electron chi connectivity index (χ4n) is 4.00. The van der Waals surface area contributed by atoms with Gasteiger partial charge in [-0.15, -0.1) is 0 Å². The van der Waals surface area contributed by atoms with Crippen LogP contribution in [0.4, 0.5) is 0 Å². The molecule has 0 heterocycles. The second-order valence-corrected chi connectivity index (χ2v) is 13.0. The molecule has 0 saturated carbocycles. The van der Waals surface area contributed by atoms with Crippen LogP contribution in [0.2, 0.25) is 5.04 Å². The number of rotatable bonds is 11. The molecule has 0 aliphatic heterocycles. The summed E-state index contributed by atoms with van der Waals surface area (Å²) >= 11 is 0. The topological polar surface area (TPSA) is 27.7 Å². The van der Waals surface area contributed by atoms with Crippen LogP contribution in [0.25, 0.3) is 0 Å². The summed E-state index contributed by atoms with van der Waals surface area (Å²) in [5, 5.41) is 2.56. The first-order chi connectivity index (χ1) is 15.0. The molecule has 3 aromatic carbocycles. The van der Waals surface area contributed by atoms with E-state index in [9.17, 15) is 0 Å². The molecule has 164 valence electrons. The van der Waals surface area contributed by atoms with E-state index in [1.807, 2.05) is 18.2 Å². The third-order valence-corrected chi connectivity index (χ3v) is 10.5. The highest BCUT2D eigenvalue weighted by molar-refractivity contribution is 6.99. The molecular formula is C27H34O3Si. The van der Waals surface area contributed by atoms with Crippen LogP contribution in [0.3, 0.4) is 0 Å². The van der Waals surface area contributed by atoms with E-state index >= 15 is 0 Å². The average molecular weight is 435 g/mol. The van der Waals surface area contributed by atoms with E-state index in [0.29, 0.717) is 33.0 Å². The van der Waals surface area contributed by atoms with Crippen LogP contribution in [0.15, 0.2) is 91.0 Å². The summed E-state index contributed by atoms with van der Waals surface area (Å²) in [6.07, 6.45) is 0. The van der Waals surface area contributed by atoms with E-state index in [4.69, 9.17) is 13.9 Å². The predicted octanol–water partition coefficient (Wildman–Crippen LogP) is 4.80. The minimum atomic E-state index is -2.48. The molecule has 31 heavy (non-hydrogen) atoms. The van der Waals surface area contributed by atoms with E-state index < -0.39 is 8.32 Å². The molecule has 3 nitrogen and oxygen atoms in total. The van der Waals surface area contributed by atoms with E-state index in [0.717, 1.165) is 0 Å². The third-order valence-electron chi connectivity index (χ3n) is 5.45. The second kappa shape index (κ2) is 11.4. The second-order valence-electron chi connectivity index (χ2n) is 8.66. The van der Waals surface area contributed by atoms with Crippen LogP contribution in [0.1, 0.15) is 26.3 Å². The van der Waals surface area contributed by atoms with Gasteiger partial charge in [-0.05, 0) is 21.0 Å². The summed E-state index contributed by atoms with van der Waals surface area (Å²) in [6.45, 7) is 9.74. The Morgan fingerprint density at radius 2 is 1.03 bits per heavy atom. The van der Waals surface area contributed by atoms with Crippen molar-refractivity contribution in [2.24, 2.45) is 0 Å². The van der Waals surface area contributed by atoms with Crippen molar-refractivity contribution in [3.8, 4) is 0 Å². The summed E-state index contributed by atoms with van der Waals surface area (Å²) < 4.78 is 18.3. The molecule has 0 amide bonds. The normalized spacial score (nSPS) is 12.1. The molecule has 0 N–H and O–H groups in total. The maximum absolute atomic E-state index is 6.82. The van der Waals surface area contributed by atoms with Crippen molar-refractivity contribution in [2.45, 2.75) is 32.4 Å². The summed E-state index contributed by atoms with van der Waals surface area (Å²) in [4.78, 5) is 0. The molecule has 0 aliphatic carbocycles. The molecule has 0 radical (unpaired) electrons. The Morgan fingerprint density at radius 1 is 0.581 bits per heavy atom. The van der Waals surface area contributed by atoms with Crippen molar-refractivity contribution in [1.29, 1.82) is 0 Å². The lowest BCUT2D eigenvalue weighted by atomic mass is 10.2. The smallest absolute Gasteiger partial charge is 0.261 e. The standard InChI is InChI=1S/C27H34O3Si/c1-27(2,3)31(25-15-9-5-10-16-25,26-17-11-6-12-18-26)30-22-21-28-19-20-29-23-24-13-7-4-8-14-24/h4-18H,19-23H2,1-3H3. The van der Waals surface area contributed by atoms with Crippen molar-refractivity contribution in [3.05, 3.63) is 96.6 Å². The van der Waals surface area contributed by atoms with Gasteiger partial charge < -0.3 is 13.9 Å². The Labute approximate surface area is 188 Å². The predicted molar refractivity (Wildman–Crippen MR) is 130 cm³/mol. The monoisotopic (exact) mass is 434 g/mol. The first kappa shape index (κ1) is 23.4. The van der Waals surface area contributed by atoms with Crippen molar-refractivity contribution < 1.29 is 13.9 Å². The summed E-state index contributed by atoms with van der Waals surface area (Å²) in [5.41, 5.74) is 1.18. The maximum Gasteiger partial charge on any atom is 0.261 e. The molecule has 3 aromatic rings. The van der Waals surface area contributed by atoms with Gasteiger partial charge in [0.1, 0.15) is 0 Å². The van der Waals surface area contributed by atoms with Crippen molar-refractivity contribution in [2.75, 3.05) is 26.4 Å². The van der Waals surface area contributed by atoms with E-state index in [1.54, 1.807) is 0 Å². The summed E-state index contributed by atoms with van der Waals surface area (Å²) in [6, 6.07) is 31.6. The zero-order valence-corrected chi connectivity index (χ0v) is 19.9. The number of hydrogen-bond donors (Lipinski definition) is 0. The molecular weight excluding hydrogens is 400 g/mol. The van der Waals surface area contributed by atoms with Gasteiger partial charge in [-0.3, -0.25) is 0 Å². The number of hydrogen-bond acceptors (Lipinski definition) is 3. The van der Waals surface area contributed by atoms with Crippen LogP contribution in [0.5, 0.6) is 0 Å². The van der Waals surface area contributed by atoms with Crippen molar-refractivity contribution in [3.63, 3.8) is 0 Å². The van der Waals surface area contributed by atoms with Gasteiger partial charge in [0.15, 0.2) is 0 Å². The minimum absolute atomic E-state index is 0.0193. The number of benzene rings is 3. The summed E-state index contributed by atoms with van der Waals surface area (Å²) in [5.74, 6) is 0. The van der Waals surface area contributed by atoms with Gasteiger partial charge >= 0.3 is 0 Å². The SMILES string of the molecule is CC(C)(C)[Si](OCCOCCOCc1ccccc1)(c1ccccc1)c1ccccc1. The van der Waals surface area contributed by atoms with Crippen LogP contribution in [-0.4, -0.2) is 34.7 Å². The lowest BCUT2D eigenvalue weighted by molar-refractivity contribution is 0.0293. The highest BCUT2D eigenvalue weighted by Crippen LogP contribution is 2.36. The van der Waals surface area contributed by atoms with Gasteiger partial charge in [-0.25, -0.2) is 0 Å². The van der Waals surface area contributed by atoms with Crippen molar-refractivity contribution >= 4 is 18.7 Å². The molecule has 0 spiro atoms. The third kappa shape index (κ3) is 6.14. The Hall–Kier alpha value is -2.24. The minimum Gasteiger partial charge on any atom is -0.405 e. The van der Waals surface area contributed by atoms with Gasteiger partial charge in [0, 0.05) is 0 Å². The lowest BCUT2D eigenvalue weighted by Crippen LogP contribution is -2.66. The fraction of sp³-hybridized carbons (Fsp3) is 0.333. The maximum atomic E-state index is 6.82. The fourth-order valence-corrected chi connectivity index (χ4v) is 8.54. The molecule has 0 atom stereocenters. The molecule has 0 unspecified atom stereocenters. The zero-order chi connectivity index (χ0) is 22.0. The largest absolute Gasteiger partial charge is 0.405 e. The molecule has 0 fully saturated rings. The Balaban J connectivity index is 1.58. The average Bonchev–Trinajstić information content (AvgIpc) is 2.79. The zero-order valence-electron chi connectivity index (χ0n) is 18.9. The Kier molecular flexibility index (Phi) is 8.61. The van der Waals surface area contributed by atoms with Crippen LogP contribution in [-0.2, 0) is 20.5 Å². The van der Waals surface area contributed by atoms with E-state index in [1.165, 1.54) is 15.9 Å². The molecule has 0 aliphatic rings.